The summed E-state index contributed by atoms with van der Waals surface area (Å²) in [6.07, 6.45) is -1.29. The number of ether oxygens (including phenoxy) is 2. The van der Waals surface area contributed by atoms with E-state index in [9.17, 15) is 9.59 Å². The molecule has 0 radical (unpaired) electrons. The van der Waals surface area contributed by atoms with Gasteiger partial charge in [-0.2, -0.15) is 0 Å². The van der Waals surface area contributed by atoms with E-state index in [0.717, 1.165) is 33.8 Å². The van der Waals surface area contributed by atoms with E-state index >= 15 is 0 Å². The molecule has 2 amide bonds. The van der Waals surface area contributed by atoms with Gasteiger partial charge < -0.3 is 20.1 Å². The van der Waals surface area contributed by atoms with Crippen molar-refractivity contribution >= 4 is 11.8 Å². The van der Waals surface area contributed by atoms with E-state index in [2.05, 4.69) is 10.6 Å². The number of carbonyl (C=O) groups excluding carboxylic acids is 2. The largest absolute Gasteiger partial charge is 0.480 e. The zero-order valence-electron chi connectivity index (χ0n) is 19.5. The number of benzene rings is 2. The summed E-state index contributed by atoms with van der Waals surface area (Å²) in [6.45, 7) is 13.4. The summed E-state index contributed by atoms with van der Waals surface area (Å²) >= 11 is 0. The maximum absolute atomic E-state index is 12.5. The first-order valence-electron chi connectivity index (χ1n) is 10.6. The molecule has 3 atom stereocenters. The summed E-state index contributed by atoms with van der Waals surface area (Å²) in [5.74, 6) is 0.986. The minimum Gasteiger partial charge on any atom is -0.480 e. The van der Waals surface area contributed by atoms with Crippen LogP contribution in [0.25, 0.3) is 0 Å². The standard InChI is InChI=1S/C25H34N2O4/c1-15-10-8-11-16(2)22(15)30-20(6)24(28)26-14-19(5)27-25(29)21(7)31-23-17(3)12-9-13-18(23)4/h8-13,19-21H,14H2,1-7H3,(H,26,28)(H,27,29)/t19-,20-,21+/m1/s1. The SMILES string of the molecule is Cc1cccc(C)c1O[C@@H](C)C(=O)N[C@H](C)CNC(=O)[C@@H](C)Oc1c(C)cccc1C. The highest BCUT2D eigenvalue weighted by molar-refractivity contribution is 5.82. The predicted molar refractivity (Wildman–Crippen MR) is 123 cm³/mol. The van der Waals surface area contributed by atoms with Crippen molar-refractivity contribution in [1.82, 2.24) is 10.6 Å². The molecule has 0 spiro atoms. The van der Waals surface area contributed by atoms with E-state index in [1.807, 2.05) is 71.0 Å². The molecule has 0 aliphatic rings. The van der Waals surface area contributed by atoms with E-state index < -0.39 is 12.2 Å². The molecule has 0 aliphatic heterocycles. The zero-order chi connectivity index (χ0) is 23.1. The Kier molecular flexibility index (Phi) is 8.48. The summed E-state index contributed by atoms with van der Waals surface area (Å²) in [4.78, 5) is 24.9. The van der Waals surface area contributed by atoms with Gasteiger partial charge in [0.25, 0.3) is 11.8 Å². The molecule has 0 saturated carbocycles. The number of carbonyl (C=O) groups is 2. The lowest BCUT2D eigenvalue weighted by Crippen LogP contribution is -2.48. The summed E-state index contributed by atoms with van der Waals surface area (Å²) < 4.78 is 11.7. The van der Waals surface area contributed by atoms with Gasteiger partial charge in [-0.1, -0.05) is 36.4 Å². The van der Waals surface area contributed by atoms with Crippen LogP contribution in [0.15, 0.2) is 36.4 Å². The second-order valence-corrected chi connectivity index (χ2v) is 8.12. The molecule has 0 bridgehead atoms. The van der Waals surface area contributed by atoms with Gasteiger partial charge in [-0.05, 0) is 70.7 Å². The van der Waals surface area contributed by atoms with Crippen LogP contribution in [-0.2, 0) is 9.59 Å². The van der Waals surface area contributed by atoms with Crippen molar-refractivity contribution in [2.75, 3.05) is 6.54 Å². The van der Waals surface area contributed by atoms with Crippen molar-refractivity contribution in [2.24, 2.45) is 0 Å². The van der Waals surface area contributed by atoms with Crippen LogP contribution in [0.2, 0.25) is 0 Å². The molecular weight excluding hydrogens is 392 g/mol. The van der Waals surface area contributed by atoms with Crippen molar-refractivity contribution in [3.63, 3.8) is 0 Å². The van der Waals surface area contributed by atoms with Crippen LogP contribution in [0.5, 0.6) is 11.5 Å². The van der Waals surface area contributed by atoms with Crippen molar-refractivity contribution in [1.29, 1.82) is 0 Å². The van der Waals surface area contributed by atoms with Crippen molar-refractivity contribution in [2.45, 2.75) is 66.7 Å². The Labute approximate surface area is 185 Å². The van der Waals surface area contributed by atoms with Crippen LogP contribution < -0.4 is 20.1 Å². The van der Waals surface area contributed by atoms with E-state index in [-0.39, 0.29) is 17.9 Å². The Bertz CT molecular complexity index is 885. The highest BCUT2D eigenvalue weighted by Gasteiger charge is 2.21. The van der Waals surface area contributed by atoms with Gasteiger partial charge in [0.1, 0.15) is 11.5 Å². The molecule has 168 valence electrons. The van der Waals surface area contributed by atoms with Crippen molar-refractivity contribution in [3.8, 4) is 11.5 Å². The molecule has 0 saturated heterocycles. The Morgan fingerprint density at radius 2 is 1.13 bits per heavy atom. The fourth-order valence-corrected chi connectivity index (χ4v) is 3.24. The van der Waals surface area contributed by atoms with Crippen LogP contribution in [0, 0.1) is 27.7 Å². The first kappa shape index (κ1) is 24.3. The zero-order valence-corrected chi connectivity index (χ0v) is 19.5. The number of rotatable bonds is 9. The van der Waals surface area contributed by atoms with E-state index in [1.54, 1.807) is 13.8 Å². The monoisotopic (exact) mass is 426 g/mol. The van der Waals surface area contributed by atoms with Crippen molar-refractivity contribution < 1.29 is 19.1 Å². The third kappa shape index (κ3) is 6.74. The van der Waals surface area contributed by atoms with Gasteiger partial charge in [0.15, 0.2) is 12.2 Å². The van der Waals surface area contributed by atoms with E-state index in [4.69, 9.17) is 9.47 Å². The van der Waals surface area contributed by atoms with Gasteiger partial charge in [0.05, 0.1) is 0 Å². The minimum absolute atomic E-state index is 0.232. The fraction of sp³-hybridized carbons (Fsp3) is 0.440. The van der Waals surface area contributed by atoms with Crippen LogP contribution in [0.1, 0.15) is 43.0 Å². The molecule has 0 aromatic heterocycles. The maximum Gasteiger partial charge on any atom is 0.261 e. The number of hydrogen-bond acceptors (Lipinski definition) is 4. The van der Waals surface area contributed by atoms with Gasteiger partial charge in [-0.3, -0.25) is 9.59 Å². The van der Waals surface area contributed by atoms with Crippen LogP contribution >= 0.6 is 0 Å². The quantitative estimate of drug-likeness (QED) is 0.640. The molecule has 2 N–H and O–H groups in total. The molecular formula is C25H34N2O4. The number of hydrogen-bond donors (Lipinski definition) is 2. The second-order valence-electron chi connectivity index (χ2n) is 8.12. The number of para-hydroxylation sites is 2. The van der Waals surface area contributed by atoms with Crippen LogP contribution in [0.3, 0.4) is 0 Å². The molecule has 31 heavy (non-hydrogen) atoms. The van der Waals surface area contributed by atoms with Crippen LogP contribution in [-0.4, -0.2) is 36.6 Å². The second kappa shape index (κ2) is 10.8. The lowest BCUT2D eigenvalue weighted by Gasteiger charge is -2.22. The normalized spacial score (nSPS) is 13.6. The topological polar surface area (TPSA) is 76.7 Å². The summed E-state index contributed by atoms with van der Waals surface area (Å²) in [5.41, 5.74) is 3.94. The highest BCUT2D eigenvalue weighted by Crippen LogP contribution is 2.24. The van der Waals surface area contributed by atoms with Gasteiger partial charge >= 0.3 is 0 Å². The molecule has 6 heteroatoms. The first-order valence-corrected chi connectivity index (χ1v) is 10.6. The van der Waals surface area contributed by atoms with Gasteiger partial charge in [-0.15, -0.1) is 0 Å². The first-order chi connectivity index (χ1) is 14.6. The van der Waals surface area contributed by atoms with E-state index in [0.29, 0.717) is 6.54 Å². The Balaban J connectivity index is 1.83. The predicted octanol–water partition coefficient (Wildman–Crippen LogP) is 3.78. The maximum atomic E-state index is 12.5. The van der Waals surface area contributed by atoms with Gasteiger partial charge in [0, 0.05) is 12.6 Å². The summed E-state index contributed by atoms with van der Waals surface area (Å²) in [7, 11) is 0. The molecule has 0 aliphatic carbocycles. The Morgan fingerprint density at radius 3 is 1.55 bits per heavy atom. The summed E-state index contributed by atoms with van der Waals surface area (Å²) in [6, 6.07) is 11.5. The highest BCUT2D eigenvalue weighted by atomic mass is 16.5. The Hall–Kier alpha value is -3.02. The molecule has 6 nitrogen and oxygen atoms in total. The Morgan fingerprint density at radius 1 is 0.742 bits per heavy atom. The average Bonchev–Trinajstić information content (AvgIpc) is 2.71. The molecule has 2 aromatic rings. The lowest BCUT2D eigenvalue weighted by atomic mass is 10.1. The smallest absolute Gasteiger partial charge is 0.261 e. The molecule has 0 fully saturated rings. The third-order valence-corrected chi connectivity index (χ3v) is 5.12. The summed E-state index contributed by atoms with van der Waals surface area (Å²) in [5, 5.41) is 5.72. The number of aryl methyl sites for hydroxylation is 4. The van der Waals surface area contributed by atoms with Crippen molar-refractivity contribution in [3.05, 3.63) is 58.7 Å². The molecule has 0 unspecified atom stereocenters. The van der Waals surface area contributed by atoms with Crippen LogP contribution in [0.4, 0.5) is 0 Å². The van der Waals surface area contributed by atoms with Gasteiger partial charge in [0.2, 0.25) is 0 Å². The number of nitrogens with one attached hydrogen (secondary N) is 2. The molecule has 0 heterocycles. The lowest BCUT2D eigenvalue weighted by molar-refractivity contribution is -0.129. The number of amides is 2. The third-order valence-electron chi connectivity index (χ3n) is 5.12. The average molecular weight is 427 g/mol. The molecule has 2 rings (SSSR count). The fourth-order valence-electron chi connectivity index (χ4n) is 3.24. The van der Waals surface area contributed by atoms with E-state index in [1.165, 1.54) is 0 Å². The molecule has 2 aromatic carbocycles. The minimum atomic E-state index is -0.649. The van der Waals surface area contributed by atoms with Gasteiger partial charge in [-0.25, -0.2) is 0 Å².